The van der Waals surface area contributed by atoms with Crippen molar-refractivity contribution in [2.75, 3.05) is 25.9 Å². The summed E-state index contributed by atoms with van der Waals surface area (Å²) in [7, 11) is -2.35. The molecule has 118 valence electrons. The highest BCUT2D eigenvalue weighted by molar-refractivity contribution is 9.10. The van der Waals surface area contributed by atoms with Gasteiger partial charge in [0.05, 0.1) is 13.2 Å². The van der Waals surface area contributed by atoms with E-state index in [1.165, 1.54) is 23.5 Å². The predicted octanol–water partition coefficient (Wildman–Crippen LogP) is 1.43. The van der Waals surface area contributed by atoms with E-state index in [1.54, 1.807) is 0 Å². The lowest BCUT2D eigenvalue weighted by atomic mass is 9.98. The van der Waals surface area contributed by atoms with Gasteiger partial charge >= 0.3 is 0 Å². The van der Waals surface area contributed by atoms with Crippen LogP contribution < -0.4 is 10.5 Å². The van der Waals surface area contributed by atoms with Crippen molar-refractivity contribution < 1.29 is 18.3 Å². The third-order valence-electron chi connectivity index (χ3n) is 3.78. The molecule has 8 heteroatoms. The molecule has 21 heavy (non-hydrogen) atoms. The van der Waals surface area contributed by atoms with Gasteiger partial charge in [-0.25, -0.2) is 8.42 Å². The van der Waals surface area contributed by atoms with Crippen LogP contribution in [0.1, 0.15) is 13.3 Å². The van der Waals surface area contributed by atoms with E-state index in [-0.39, 0.29) is 23.1 Å². The molecule has 1 aliphatic rings. The number of nitrogens with two attached hydrogens (primary N) is 1. The fourth-order valence-electron chi connectivity index (χ4n) is 2.29. The molecule has 1 fully saturated rings. The van der Waals surface area contributed by atoms with Crippen LogP contribution in [0.4, 0.5) is 5.69 Å². The predicted molar refractivity (Wildman–Crippen MR) is 83.7 cm³/mol. The van der Waals surface area contributed by atoms with Gasteiger partial charge in [0, 0.05) is 23.2 Å². The van der Waals surface area contributed by atoms with Crippen molar-refractivity contribution in [1.29, 1.82) is 0 Å². The molecule has 6 nitrogen and oxygen atoms in total. The Morgan fingerprint density at radius 2 is 2.14 bits per heavy atom. The summed E-state index contributed by atoms with van der Waals surface area (Å²) in [5, 5.41) is 9.91. The smallest absolute Gasteiger partial charge is 0.246 e. The zero-order chi connectivity index (χ0) is 15.8. The number of aliphatic hydroxyl groups excluding tert-OH is 1. The van der Waals surface area contributed by atoms with Gasteiger partial charge in [-0.2, -0.15) is 4.31 Å². The maximum Gasteiger partial charge on any atom is 0.246 e. The van der Waals surface area contributed by atoms with E-state index < -0.39 is 16.1 Å². The lowest BCUT2D eigenvalue weighted by Gasteiger charge is -2.33. The van der Waals surface area contributed by atoms with Gasteiger partial charge in [-0.15, -0.1) is 0 Å². The Hall–Kier alpha value is -0.830. The lowest BCUT2D eigenvalue weighted by Crippen LogP contribution is -2.45. The number of ether oxygens (including phenoxy) is 1. The van der Waals surface area contributed by atoms with Crippen LogP contribution in [-0.4, -0.2) is 44.1 Å². The molecule has 2 unspecified atom stereocenters. The number of methoxy groups -OCH3 is 1. The van der Waals surface area contributed by atoms with Crippen molar-refractivity contribution in [2.24, 2.45) is 5.92 Å². The molecule has 0 aliphatic carbocycles. The minimum Gasteiger partial charge on any atom is -0.495 e. The van der Waals surface area contributed by atoms with Gasteiger partial charge in [-0.05, 0) is 40.4 Å². The third-order valence-corrected chi connectivity index (χ3v) is 6.36. The van der Waals surface area contributed by atoms with Crippen LogP contribution in [0.5, 0.6) is 5.75 Å². The molecule has 1 aromatic carbocycles. The number of benzene rings is 1. The van der Waals surface area contributed by atoms with Crippen LogP contribution in [0.15, 0.2) is 21.5 Å². The summed E-state index contributed by atoms with van der Waals surface area (Å²) < 4.78 is 32.5. The Labute approximate surface area is 133 Å². The highest BCUT2D eigenvalue weighted by atomic mass is 79.9. The molecule has 0 radical (unpaired) electrons. The standard InChI is InChI=1S/C13H19BrN2O4S/c1-8-3-4-16(7-11(8)17)21(18,19)13-6-10(15)9(14)5-12(13)20-2/h5-6,8,11,17H,3-4,7,15H2,1-2H3. The number of aliphatic hydroxyl groups is 1. The van der Waals surface area contributed by atoms with Crippen LogP contribution in [-0.2, 0) is 10.0 Å². The zero-order valence-corrected chi connectivity index (χ0v) is 14.3. The van der Waals surface area contributed by atoms with E-state index in [2.05, 4.69) is 15.9 Å². The molecule has 0 spiro atoms. The summed E-state index contributed by atoms with van der Waals surface area (Å²) in [6.45, 7) is 2.37. The molecule has 0 amide bonds. The number of hydrogen-bond donors (Lipinski definition) is 2. The van der Waals surface area contributed by atoms with Crippen LogP contribution in [0.2, 0.25) is 0 Å². The van der Waals surface area contributed by atoms with Crippen molar-refractivity contribution in [3.63, 3.8) is 0 Å². The van der Waals surface area contributed by atoms with Gasteiger partial charge in [0.15, 0.2) is 0 Å². The number of anilines is 1. The average molecular weight is 379 g/mol. The number of rotatable bonds is 3. The third kappa shape index (κ3) is 3.18. The van der Waals surface area contributed by atoms with Crippen molar-refractivity contribution in [1.82, 2.24) is 4.31 Å². The summed E-state index contributed by atoms with van der Waals surface area (Å²) in [6, 6.07) is 2.91. The first-order valence-electron chi connectivity index (χ1n) is 6.58. The fraction of sp³-hybridized carbons (Fsp3) is 0.538. The maximum atomic E-state index is 12.7. The van der Waals surface area contributed by atoms with Crippen molar-refractivity contribution in [3.05, 3.63) is 16.6 Å². The van der Waals surface area contributed by atoms with Crippen LogP contribution in [0.3, 0.4) is 0 Å². The van der Waals surface area contributed by atoms with Crippen LogP contribution in [0, 0.1) is 5.92 Å². The molecule has 1 aliphatic heterocycles. The molecule has 3 N–H and O–H groups in total. The number of halogens is 1. The van der Waals surface area contributed by atoms with E-state index in [0.29, 0.717) is 23.1 Å². The number of hydrogen-bond acceptors (Lipinski definition) is 5. The highest BCUT2D eigenvalue weighted by Crippen LogP contribution is 2.35. The Balaban J connectivity index is 2.42. The van der Waals surface area contributed by atoms with Crippen molar-refractivity contribution in [2.45, 2.75) is 24.3 Å². The van der Waals surface area contributed by atoms with E-state index in [9.17, 15) is 13.5 Å². The minimum atomic E-state index is -3.75. The van der Waals surface area contributed by atoms with E-state index in [4.69, 9.17) is 10.5 Å². The fourth-order valence-corrected chi connectivity index (χ4v) is 4.26. The van der Waals surface area contributed by atoms with Crippen molar-refractivity contribution in [3.8, 4) is 5.75 Å². The molecule has 1 aromatic rings. The number of nitrogen functional groups attached to an aromatic ring is 1. The number of nitrogens with zero attached hydrogens (tertiary/aromatic N) is 1. The molecule has 0 saturated carbocycles. The number of β-amino-alcohol motifs (C(OH)–C–C–N with tert-alkyl or cyclic N) is 1. The quantitative estimate of drug-likeness (QED) is 0.776. The Kier molecular flexibility index (Phi) is 4.82. The maximum absolute atomic E-state index is 12.7. The number of sulfonamides is 1. The summed E-state index contributed by atoms with van der Waals surface area (Å²) in [5.41, 5.74) is 6.10. The first-order valence-corrected chi connectivity index (χ1v) is 8.82. The number of piperidine rings is 1. The van der Waals surface area contributed by atoms with Gasteiger partial charge < -0.3 is 15.6 Å². The van der Waals surface area contributed by atoms with Gasteiger partial charge in [0.25, 0.3) is 0 Å². The Morgan fingerprint density at radius 3 is 2.71 bits per heavy atom. The molecule has 2 rings (SSSR count). The van der Waals surface area contributed by atoms with Crippen LogP contribution >= 0.6 is 15.9 Å². The molecule has 1 heterocycles. The summed E-state index contributed by atoms with van der Waals surface area (Å²) in [4.78, 5) is 0.0208. The second kappa shape index (κ2) is 6.12. The summed E-state index contributed by atoms with van der Waals surface area (Å²) >= 11 is 3.25. The molecule has 2 atom stereocenters. The highest BCUT2D eigenvalue weighted by Gasteiger charge is 2.34. The SMILES string of the molecule is COc1cc(Br)c(N)cc1S(=O)(=O)N1CCC(C)C(O)C1. The van der Waals surface area contributed by atoms with Gasteiger partial charge in [-0.1, -0.05) is 6.92 Å². The second-order valence-corrected chi connectivity index (χ2v) is 7.98. The molecule has 1 saturated heterocycles. The largest absolute Gasteiger partial charge is 0.495 e. The van der Waals surface area contributed by atoms with Gasteiger partial charge in [0.2, 0.25) is 10.0 Å². The first kappa shape index (κ1) is 16.5. The van der Waals surface area contributed by atoms with Crippen molar-refractivity contribution >= 4 is 31.6 Å². The van der Waals surface area contributed by atoms with E-state index in [0.717, 1.165) is 0 Å². The van der Waals surface area contributed by atoms with Gasteiger partial charge in [0.1, 0.15) is 10.6 Å². The normalized spacial score (nSPS) is 24.0. The molecule has 0 bridgehead atoms. The average Bonchev–Trinajstić information content (AvgIpc) is 2.44. The van der Waals surface area contributed by atoms with Crippen LogP contribution in [0.25, 0.3) is 0 Å². The summed E-state index contributed by atoms with van der Waals surface area (Å²) in [5.74, 6) is 0.317. The Bertz CT molecular complexity index is 635. The van der Waals surface area contributed by atoms with E-state index in [1.807, 2.05) is 6.92 Å². The summed E-state index contributed by atoms with van der Waals surface area (Å²) in [6.07, 6.45) is -0.0401. The first-order chi connectivity index (χ1) is 9.77. The molecular weight excluding hydrogens is 360 g/mol. The van der Waals surface area contributed by atoms with E-state index >= 15 is 0 Å². The topological polar surface area (TPSA) is 92.9 Å². The zero-order valence-electron chi connectivity index (χ0n) is 11.9. The lowest BCUT2D eigenvalue weighted by molar-refractivity contribution is 0.0604. The minimum absolute atomic E-state index is 0.0208. The molecule has 0 aromatic heterocycles. The monoisotopic (exact) mass is 378 g/mol. The second-order valence-electron chi connectivity index (χ2n) is 5.22. The molecular formula is C13H19BrN2O4S. The Morgan fingerprint density at radius 1 is 1.48 bits per heavy atom. The van der Waals surface area contributed by atoms with Gasteiger partial charge in [-0.3, -0.25) is 0 Å².